The number of hydrogen-bond donors (Lipinski definition) is 3. The van der Waals surface area contributed by atoms with Crippen LogP contribution in [0.5, 0.6) is 11.9 Å². The van der Waals surface area contributed by atoms with E-state index in [1.165, 1.54) is 44.7 Å². The summed E-state index contributed by atoms with van der Waals surface area (Å²) in [5.74, 6) is -1.79. The maximum absolute atomic E-state index is 15.8. The molecule has 3 N–H and O–H groups in total. The van der Waals surface area contributed by atoms with Gasteiger partial charge in [-0.1, -0.05) is 6.07 Å². The molecule has 0 amide bonds. The van der Waals surface area contributed by atoms with E-state index in [1.54, 1.807) is 12.1 Å². The number of carboxylic acids is 1. The lowest BCUT2D eigenvalue weighted by molar-refractivity contribution is 0.0697. The van der Waals surface area contributed by atoms with Crippen LogP contribution in [0.1, 0.15) is 23.2 Å². The second kappa shape index (κ2) is 9.84. The van der Waals surface area contributed by atoms with Gasteiger partial charge in [-0.05, 0) is 48.7 Å². The quantitative estimate of drug-likeness (QED) is 0.287. The van der Waals surface area contributed by atoms with E-state index in [0.717, 1.165) is 6.20 Å². The van der Waals surface area contributed by atoms with Crippen molar-refractivity contribution in [3.05, 3.63) is 60.2 Å². The Morgan fingerprint density at radius 2 is 1.89 bits per heavy atom. The lowest BCUT2D eigenvalue weighted by Gasteiger charge is -2.17. The molecule has 2 aromatic heterocycles. The lowest BCUT2D eigenvalue weighted by atomic mass is 10.0. The third-order valence-corrected chi connectivity index (χ3v) is 7.41. The molecule has 1 aliphatic carbocycles. The maximum Gasteiger partial charge on any atom is 0.335 e. The number of carboxylic acid groups (broad SMARTS) is 1. The molecule has 38 heavy (non-hydrogen) atoms. The summed E-state index contributed by atoms with van der Waals surface area (Å²) >= 11 is 0. The van der Waals surface area contributed by atoms with Crippen molar-refractivity contribution in [2.45, 2.75) is 23.8 Å². The van der Waals surface area contributed by atoms with E-state index in [-0.39, 0.29) is 50.7 Å². The van der Waals surface area contributed by atoms with Crippen molar-refractivity contribution in [1.82, 2.24) is 19.7 Å². The van der Waals surface area contributed by atoms with E-state index >= 15 is 4.39 Å². The number of benzene rings is 2. The van der Waals surface area contributed by atoms with Crippen molar-refractivity contribution >= 4 is 38.3 Å². The minimum atomic E-state index is -4.08. The van der Waals surface area contributed by atoms with E-state index < -0.39 is 21.8 Å². The van der Waals surface area contributed by atoms with E-state index in [2.05, 4.69) is 25.0 Å². The maximum atomic E-state index is 15.8. The highest BCUT2D eigenvalue weighted by Crippen LogP contribution is 2.38. The summed E-state index contributed by atoms with van der Waals surface area (Å²) in [4.78, 5) is 23.6. The fourth-order valence-electron chi connectivity index (χ4n) is 3.90. The van der Waals surface area contributed by atoms with Crippen LogP contribution in [0.3, 0.4) is 0 Å². The van der Waals surface area contributed by atoms with Crippen molar-refractivity contribution in [3.8, 4) is 23.0 Å². The lowest BCUT2D eigenvalue weighted by Crippen LogP contribution is -2.26. The van der Waals surface area contributed by atoms with Crippen molar-refractivity contribution in [1.29, 1.82) is 0 Å². The van der Waals surface area contributed by atoms with Gasteiger partial charge in [0.2, 0.25) is 15.9 Å². The molecule has 1 fully saturated rings. The topological polar surface area (TPSA) is 153 Å². The van der Waals surface area contributed by atoms with Gasteiger partial charge in [-0.15, -0.1) is 0 Å². The minimum absolute atomic E-state index is 0.0248. The molecule has 4 aromatic rings. The Kier molecular flexibility index (Phi) is 6.55. The fraction of sp³-hybridized carbons (Fsp3) is 0.200. The molecular weight excluding hydrogens is 517 g/mol. The molecule has 0 unspecified atom stereocenters. The third-order valence-electron chi connectivity index (χ3n) is 5.87. The highest BCUT2D eigenvalue weighted by atomic mass is 32.2. The van der Waals surface area contributed by atoms with Crippen LogP contribution in [0.25, 0.3) is 22.0 Å². The molecule has 0 atom stereocenters. The molecule has 1 saturated carbocycles. The van der Waals surface area contributed by atoms with E-state index in [4.69, 9.17) is 9.47 Å². The first-order valence-corrected chi connectivity index (χ1v) is 12.9. The monoisotopic (exact) mass is 539 g/mol. The number of halogens is 1. The van der Waals surface area contributed by atoms with Gasteiger partial charge < -0.3 is 19.9 Å². The van der Waals surface area contributed by atoms with Gasteiger partial charge in [0.1, 0.15) is 10.7 Å². The van der Waals surface area contributed by atoms with Crippen LogP contribution in [0.2, 0.25) is 0 Å². The number of anilines is 2. The number of sulfonamides is 1. The first kappa shape index (κ1) is 25.3. The minimum Gasteiger partial charge on any atom is -0.480 e. The van der Waals surface area contributed by atoms with E-state index in [1.807, 2.05) is 0 Å². The number of ether oxygens (including phenoxy) is 2. The van der Waals surface area contributed by atoms with Gasteiger partial charge in [0.25, 0.3) is 0 Å². The standard InChI is InChI=1S/C25H22FN5O6S/c1-36-23-17(11-28-25(30-23)37-2)14-9-18(26)21-19(10-14)27-12-20(38(34,35)31-15-6-7-15)22(21)29-16-5-3-4-13(8-16)24(32)33/h3-5,8-12,15,31H,6-7H2,1-2H3,(H,27,29)(H,32,33). The number of methoxy groups -OCH3 is 2. The zero-order valence-electron chi connectivity index (χ0n) is 20.2. The van der Waals surface area contributed by atoms with Crippen LogP contribution in [-0.2, 0) is 10.0 Å². The molecule has 0 saturated heterocycles. The van der Waals surface area contributed by atoms with Gasteiger partial charge in [0, 0.05) is 24.1 Å². The van der Waals surface area contributed by atoms with Crippen molar-refractivity contribution in [2.75, 3.05) is 19.5 Å². The van der Waals surface area contributed by atoms with Crippen molar-refractivity contribution < 1.29 is 32.2 Å². The van der Waals surface area contributed by atoms with Gasteiger partial charge in [0.15, 0.2) is 0 Å². The Morgan fingerprint density at radius 3 is 2.58 bits per heavy atom. The van der Waals surface area contributed by atoms with Gasteiger partial charge in [-0.3, -0.25) is 4.98 Å². The Balaban J connectivity index is 1.70. The van der Waals surface area contributed by atoms with E-state index in [0.29, 0.717) is 24.0 Å². The number of carbonyl (C=O) groups is 1. The van der Waals surface area contributed by atoms with Gasteiger partial charge in [0.05, 0.1) is 41.9 Å². The Hall–Kier alpha value is -4.36. The summed E-state index contributed by atoms with van der Waals surface area (Å²) in [6.45, 7) is 0. The number of nitrogens with zero attached hydrogens (tertiary/aromatic N) is 3. The molecular formula is C25H22FN5O6S. The first-order chi connectivity index (χ1) is 18.2. The largest absolute Gasteiger partial charge is 0.480 e. The zero-order chi connectivity index (χ0) is 27.0. The number of fused-ring (bicyclic) bond motifs is 1. The fourth-order valence-corrected chi connectivity index (χ4v) is 5.32. The van der Waals surface area contributed by atoms with Crippen LogP contribution in [0.15, 0.2) is 53.7 Å². The van der Waals surface area contributed by atoms with Crippen LogP contribution in [-0.4, -0.2) is 54.7 Å². The van der Waals surface area contributed by atoms with Crippen molar-refractivity contribution in [3.63, 3.8) is 0 Å². The number of hydrogen-bond acceptors (Lipinski definition) is 9. The second-order valence-corrected chi connectivity index (χ2v) is 10.2. The molecule has 2 aromatic carbocycles. The van der Waals surface area contributed by atoms with Crippen LogP contribution < -0.4 is 19.5 Å². The highest BCUT2D eigenvalue weighted by molar-refractivity contribution is 7.89. The Labute approximate surface area is 216 Å². The van der Waals surface area contributed by atoms with Gasteiger partial charge in [-0.25, -0.2) is 27.3 Å². The number of nitrogens with one attached hydrogen (secondary N) is 2. The molecule has 0 radical (unpaired) electrons. The Bertz CT molecular complexity index is 1680. The molecule has 13 heteroatoms. The number of pyridine rings is 1. The molecule has 5 rings (SSSR count). The predicted octanol–water partition coefficient (Wildman–Crippen LogP) is 3.73. The molecule has 0 spiro atoms. The third kappa shape index (κ3) is 4.93. The molecule has 0 aliphatic heterocycles. The second-order valence-electron chi connectivity index (χ2n) is 8.54. The van der Waals surface area contributed by atoms with Gasteiger partial charge >= 0.3 is 12.0 Å². The average molecular weight is 540 g/mol. The van der Waals surface area contributed by atoms with Crippen LogP contribution in [0.4, 0.5) is 15.8 Å². The van der Waals surface area contributed by atoms with Crippen molar-refractivity contribution in [2.24, 2.45) is 0 Å². The number of rotatable bonds is 9. The Morgan fingerprint density at radius 1 is 1.11 bits per heavy atom. The summed E-state index contributed by atoms with van der Waals surface area (Å²) in [6, 6.07) is 8.38. The molecule has 1 aliphatic rings. The summed E-state index contributed by atoms with van der Waals surface area (Å²) in [5.41, 5.74) is 1.00. The summed E-state index contributed by atoms with van der Waals surface area (Å²) in [6.07, 6.45) is 3.96. The first-order valence-electron chi connectivity index (χ1n) is 11.4. The number of aromatic nitrogens is 3. The number of aromatic carboxylic acids is 1. The zero-order valence-corrected chi connectivity index (χ0v) is 21.0. The SMILES string of the molecule is COc1ncc(-c2cc(F)c3c(Nc4cccc(C(=O)O)c4)c(S(=O)(=O)NC4CC4)cnc3c2)c(OC)n1. The molecule has 2 heterocycles. The smallest absolute Gasteiger partial charge is 0.335 e. The van der Waals surface area contributed by atoms with Crippen LogP contribution >= 0.6 is 0 Å². The summed E-state index contributed by atoms with van der Waals surface area (Å²) in [7, 11) is -1.27. The summed E-state index contributed by atoms with van der Waals surface area (Å²) in [5, 5.41) is 12.2. The summed E-state index contributed by atoms with van der Waals surface area (Å²) < 4.78 is 55.1. The molecule has 196 valence electrons. The van der Waals surface area contributed by atoms with Gasteiger partial charge in [-0.2, -0.15) is 4.98 Å². The highest BCUT2D eigenvalue weighted by Gasteiger charge is 2.31. The average Bonchev–Trinajstić information content (AvgIpc) is 3.71. The van der Waals surface area contributed by atoms with E-state index in [9.17, 15) is 18.3 Å². The molecule has 11 nitrogen and oxygen atoms in total. The van der Waals surface area contributed by atoms with Crippen LogP contribution in [0, 0.1) is 5.82 Å². The normalized spacial score (nSPS) is 13.3. The predicted molar refractivity (Wildman–Crippen MR) is 136 cm³/mol. The molecule has 0 bridgehead atoms.